The van der Waals surface area contributed by atoms with E-state index in [0.29, 0.717) is 4.88 Å². The SMILES string of the molecule is N#Cc1cnc(Nc2cccc3ccccc23)s1. The largest absolute Gasteiger partial charge is 0.331 e. The molecule has 0 atom stereocenters. The highest BCUT2D eigenvalue weighted by Gasteiger charge is 2.04. The molecule has 0 radical (unpaired) electrons. The Morgan fingerprint density at radius 1 is 1.11 bits per heavy atom. The number of rotatable bonds is 2. The van der Waals surface area contributed by atoms with Crippen molar-refractivity contribution in [2.24, 2.45) is 0 Å². The van der Waals surface area contributed by atoms with Crippen LogP contribution in [0.2, 0.25) is 0 Å². The predicted octanol–water partition coefficient (Wildman–Crippen LogP) is 3.91. The van der Waals surface area contributed by atoms with E-state index in [1.165, 1.54) is 16.7 Å². The van der Waals surface area contributed by atoms with E-state index in [4.69, 9.17) is 5.26 Å². The molecule has 1 N–H and O–H groups in total. The lowest BCUT2D eigenvalue weighted by atomic mass is 10.1. The first kappa shape index (κ1) is 10.8. The molecule has 0 unspecified atom stereocenters. The average molecular weight is 251 g/mol. The molecule has 3 nitrogen and oxygen atoms in total. The monoisotopic (exact) mass is 251 g/mol. The number of benzene rings is 2. The summed E-state index contributed by atoms with van der Waals surface area (Å²) in [5.41, 5.74) is 1.01. The zero-order valence-electron chi connectivity index (χ0n) is 9.42. The second kappa shape index (κ2) is 4.47. The van der Waals surface area contributed by atoms with Gasteiger partial charge in [0.05, 0.1) is 6.20 Å². The van der Waals surface area contributed by atoms with E-state index in [2.05, 4.69) is 34.6 Å². The van der Waals surface area contributed by atoms with Gasteiger partial charge in [-0.3, -0.25) is 0 Å². The fourth-order valence-corrected chi connectivity index (χ4v) is 2.46. The fourth-order valence-electron chi connectivity index (χ4n) is 1.83. The number of nitrogens with one attached hydrogen (secondary N) is 1. The Bertz CT molecular complexity index is 735. The van der Waals surface area contributed by atoms with Gasteiger partial charge in [0.2, 0.25) is 0 Å². The van der Waals surface area contributed by atoms with Crippen LogP contribution < -0.4 is 5.32 Å². The van der Waals surface area contributed by atoms with Crippen LogP contribution in [-0.2, 0) is 0 Å². The first-order valence-electron chi connectivity index (χ1n) is 5.47. The van der Waals surface area contributed by atoms with Crippen LogP contribution in [0.1, 0.15) is 4.88 Å². The number of thiazole rings is 1. The molecule has 1 heterocycles. The molecule has 0 aliphatic heterocycles. The summed E-state index contributed by atoms with van der Waals surface area (Å²) in [7, 11) is 0. The number of hydrogen-bond donors (Lipinski definition) is 1. The van der Waals surface area contributed by atoms with Gasteiger partial charge >= 0.3 is 0 Å². The van der Waals surface area contributed by atoms with Crippen LogP contribution in [0.15, 0.2) is 48.7 Å². The molecule has 0 fully saturated rings. The van der Waals surface area contributed by atoms with Crippen LogP contribution in [0.5, 0.6) is 0 Å². The number of anilines is 2. The molecule has 0 spiro atoms. The van der Waals surface area contributed by atoms with Gasteiger partial charge in [-0.05, 0) is 11.5 Å². The molecule has 3 rings (SSSR count). The first-order chi connectivity index (χ1) is 8.86. The Morgan fingerprint density at radius 3 is 2.78 bits per heavy atom. The number of nitriles is 1. The van der Waals surface area contributed by atoms with Crippen LogP contribution in [-0.4, -0.2) is 4.98 Å². The van der Waals surface area contributed by atoms with Gasteiger partial charge in [-0.2, -0.15) is 5.26 Å². The normalized spacial score (nSPS) is 10.2. The smallest absolute Gasteiger partial charge is 0.188 e. The summed E-state index contributed by atoms with van der Waals surface area (Å²) < 4.78 is 0. The Hall–Kier alpha value is -2.38. The van der Waals surface area contributed by atoms with Crippen LogP contribution in [0.25, 0.3) is 10.8 Å². The molecule has 0 amide bonds. The van der Waals surface area contributed by atoms with Crippen molar-refractivity contribution < 1.29 is 0 Å². The Balaban J connectivity index is 2.02. The van der Waals surface area contributed by atoms with Crippen molar-refractivity contribution in [3.05, 3.63) is 53.5 Å². The molecule has 18 heavy (non-hydrogen) atoms. The summed E-state index contributed by atoms with van der Waals surface area (Å²) in [6.45, 7) is 0. The van der Waals surface area contributed by atoms with Crippen LogP contribution in [0.3, 0.4) is 0 Å². The maximum absolute atomic E-state index is 8.78. The van der Waals surface area contributed by atoms with Gasteiger partial charge in [-0.15, -0.1) is 0 Å². The fraction of sp³-hybridized carbons (Fsp3) is 0. The summed E-state index contributed by atoms with van der Waals surface area (Å²) in [6, 6.07) is 16.3. The summed E-state index contributed by atoms with van der Waals surface area (Å²) in [6.07, 6.45) is 1.58. The summed E-state index contributed by atoms with van der Waals surface area (Å²) in [5, 5.41) is 15.1. The zero-order chi connectivity index (χ0) is 12.4. The maximum atomic E-state index is 8.78. The number of hydrogen-bond acceptors (Lipinski definition) is 4. The predicted molar refractivity (Wildman–Crippen MR) is 74.1 cm³/mol. The molecule has 0 saturated heterocycles. The van der Waals surface area contributed by atoms with E-state index in [1.807, 2.05) is 24.3 Å². The van der Waals surface area contributed by atoms with Gasteiger partial charge < -0.3 is 5.32 Å². The average Bonchev–Trinajstić information content (AvgIpc) is 2.87. The molecule has 86 valence electrons. The summed E-state index contributed by atoms with van der Waals surface area (Å²) >= 11 is 1.35. The van der Waals surface area contributed by atoms with Gasteiger partial charge in [-0.1, -0.05) is 47.7 Å². The highest BCUT2D eigenvalue weighted by Crippen LogP contribution is 2.28. The minimum Gasteiger partial charge on any atom is -0.331 e. The van der Waals surface area contributed by atoms with Crippen LogP contribution in [0, 0.1) is 11.3 Å². The van der Waals surface area contributed by atoms with Crippen molar-refractivity contribution in [3.8, 4) is 6.07 Å². The lowest BCUT2D eigenvalue weighted by Gasteiger charge is -2.06. The third-order valence-corrected chi connectivity index (χ3v) is 3.46. The molecule has 4 heteroatoms. The third-order valence-electron chi connectivity index (χ3n) is 2.65. The molecule has 1 aromatic heterocycles. The van der Waals surface area contributed by atoms with Crippen molar-refractivity contribution in [2.75, 3.05) is 5.32 Å². The topological polar surface area (TPSA) is 48.7 Å². The molecule has 0 aliphatic carbocycles. The summed E-state index contributed by atoms with van der Waals surface area (Å²) in [5.74, 6) is 0. The molecule has 0 bridgehead atoms. The molecule has 3 aromatic rings. The molecular weight excluding hydrogens is 242 g/mol. The van der Waals surface area contributed by atoms with E-state index < -0.39 is 0 Å². The molecular formula is C14H9N3S. The van der Waals surface area contributed by atoms with Crippen molar-refractivity contribution in [3.63, 3.8) is 0 Å². The second-order valence-corrected chi connectivity index (χ2v) is 4.82. The second-order valence-electron chi connectivity index (χ2n) is 3.79. The third kappa shape index (κ3) is 1.92. The van der Waals surface area contributed by atoms with Crippen molar-refractivity contribution in [1.82, 2.24) is 4.98 Å². The standard InChI is InChI=1S/C14H9N3S/c15-8-11-9-16-14(18-11)17-13-7-3-5-10-4-1-2-6-12(10)13/h1-7,9H,(H,16,17). The maximum Gasteiger partial charge on any atom is 0.188 e. The van der Waals surface area contributed by atoms with E-state index >= 15 is 0 Å². The van der Waals surface area contributed by atoms with Gasteiger partial charge in [0.1, 0.15) is 10.9 Å². The highest BCUT2D eigenvalue weighted by molar-refractivity contribution is 7.16. The first-order valence-corrected chi connectivity index (χ1v) is 6.29. The summed E-state index contributed by atoms with van der Waals surface area (Å²) in [4.78, 5) is 4.78. The number of aromatic nitrogens is 1. The minimum absolute atomic E-state index is 0.609. The van der Waals surface area contributed by atoms with E-state index in [0.717, 1.165) is 16.2 Å². The zero-order valence-corrected chi connectivity index (χ0v) is 10.2. The minimum atomic E-state index is 0.609. The van der Waals surface area contributed by atoms with E-state index in [1.54, 1.807) is 6.20 Å². The van der Waals surface area contributed by atoms with Crippen molar-refractivity contribution >= 4 is 32.9 Å². The van der Waals surface area contributed by atoms with Crippen LogP contribution >= 0.6 is 11.3 Å². The van der Waals surface area contributed by atoms with E-state index in [9.17, 15) is 0 Å². The van der Waals surface area contributed by atoms with Crippen molar-refractivity contribution in [2.45, 2.75) is 0 Å². The molecule has 2 aromatic carbocycles. The molecule has 0 saturated carbocycles. The van der Waals surface area contributed by atoms with Gasteiger partial charge in [0.15, 0.2) is 5.13 Å². The lowest BCUT2D eigenvalue weighted by molar-refractivity contribution is 1.38. The van der Waals surface area contributed by atoms with Gasteiger partial charge in [-0.25, -0.2) is 4.98 Å². The number of fused-ring (bicyclic) bond motifs is 1. The van der Waals surface area contributed by atoms with Crippen molar-refractivity contribution in [1.29, 1.82) is 5.26 Å². The molecule has 0 aliphatic rings. The Labute approximate surface area is 108 Å². The van der Waals surface area contributed by atoms with E-state index in [-0.39, 0.29) is 0 Å². The Morgan fingerprint density at radius 2 is 1.94 bits per heavy atom. The number of nitrogens with zero attached hydrogens (tertiary/aromatic N) is 2. The quantitative estimate of drug-likeness (QED) is 0.751. The lowest BCUT2D eigenvalue weighted by Crippen LogP contribution is -1.89. The Kier molecular flexibility index (Phi) is 2.67. The van der Waals surface area contributed by atoms with Gasteiger partial charge in [0, 0.05) is 11.1 Å². The van der Waals surface area contributed by atoms with Gasteiger partial charge in [0.25, 0.3) is 0 Å². The van der Waals surface area contributed by atoms with Crippen LogP contribution in [0.4, 0.5) is 10.8 Å². The highest BCUT2D eigenvalue weighted by atomic mass is 32.1.